The number of piperazine rings is 1. The molecule has 16 heteroatoms. The molecule has 232 valence electrons. The lowest BCUT2D eigenvalue weighted by atomic mass is 9.96. The molecular weight excluding hydrogens is 585 g/mol. The van der Waals surface area contributed by atoms with Crippen LogP contribution < -0.4 is 20.9 Å². The van der Waals surface area contributed by atoms with E-state index in [9.17, 15) is 24.0 Å². The zero-order valence-electron chi connectivity index (χ0n) is 30.7. The lowest BCUT2D eigenvalue weighted by Gasteiger charge is -2.40. The van der Waals surface area contributed by atoms with E-state index in [1.54, 1.807) is 4.90 Å². The molecule has 6 rings (SSSR count). The molecule has 5 heterocycles. The van der Waals surface area contributed by atoms with Crippen molar-refractivity contribution >= 4 is 41.0 Å². The summed E-state index contributed by atoms with van der Waals surface area (Å²) in [5, 5.41) is 9.55. The molecule has 0 saturated carbocycles. The number of benzene rings is 1. The first-order valence-corrected chi connectivity index (χ1v) is 13.5. The van der Waals surface area contributed by atoms with Crippen LogP contribution in [0.25, 0.3) is 0 Å². The number of hydrogen-bond acceptors (Lipinski definition) is 10. The Kier molecular flexibility index (Phi) is 5.52. The highest BCUT2D eigenvalue weighted by atomic mass is 19.2. The summed E-state index contributed by atoms with van der Waals surface area (Å²) in [4.78, 5) is 63.4. The summed E-state index contributed by atoms with van der Waals surface area (Å²) in [5.74, 6) is -13.2. The largest absolute Gasteiger partial charge is 0.364 e. The monoisotopic (exact) mass is 622 g/mol. The second kappa shape index (κ2) is 11.5. The van der Waals surface area contributed by atoms with Crippen LogP contribution in [0.5, 0.6) is 0 Å². The fourth-order valence-electron chi connectivity index (χ4n) is 5.50. The Hall–Kier alpha value is -4.60. The SMILES string of the molecule is [2H]C1([2H])N(CC2CCN(c3ccc(C(N)=O)nn3)CC2)C([2H])([2H])C([2H])([2H])N(c2c(F)c(F)c3c(c2F)C(=O)N(C2CCC(=O)NC2=O)C3=O)C1([2H])[2H]. The summed E-state index contributed by atoms with van der Waals surface area (Å²) in [6, 6.07) is 1.12. The number of aromatic nitrogens is 2. The number of fused-ring (bicyclic) bond motifs is 1. The molecule has 0 bridgehead atoms. The molecule has 5 amide bonds. The molecule has 0 aliphatic carbocycles. The molecule has 13 nitrogen and oxygen atoms in total. The van der Waals surface area contributed by atoms with E-state index in [2.05, 4.69) is 10.2 Å². The second-order valence-corrected chi connectivity index (χ2v) is 10.5. The van der Waals surface area contributed by atoms with Crippen molar-refractivity contribution in [2.24, 2.45) is 11.7 Å². The number of amides is 5. The molecule has 3 saturated heterocycles. The molecule has 2 aromatic rings. The van der Waals surface area contributed by atoms with Gasteiger partial charge in [-0.15, -0.1) is 10.2 Å². The topological polar surface area (TPSA) is 162 Å². The maximum atomic E-state index is 16.4. The van der Waals surface area contributed by atoms with Crippen LogP contribution in [0, 0.1) is 23.4 Å². The summed E-state index contributed by atoms with van der Waals surface area (Å²) in [7, 11) is 0. The van der Waals surface area contributed by atoms with Gasteiger partial charge in [0.1, 0.15) is 11.7 Å². The fourth-order valence-corrected chi connectivity index (χ4v) is 5.50. The van der Waals surface area contributed by atoms with E-state index in [1.807, 2.05) is 5.32 Å². The molecule has 0 radical (unpaired) electrons. The zero-order chi connectivity index (χ0) is 38.5. The van der Waals surface area contributed by atoms with Crippen LogP contribution in [0.1, 0.15) is 67.9 Å². The van der Waals surface area contributed by atoms with Crippen LogP contribution in [-0.4, -0.2) is 101 Å². The van der Waals surface area contributed by atoms with Crippen molar-refractivity contribution < 1.29 is 48.1 Å². The van der Waals surface area contributed by atoms with Crippen molar-refractivity contribution in [2.75, 3.05) is 55.4 Å². The van der Waals surface area contributed by atoms with E-state index < -0.39 is 120 Å². The van der Waals surface area contributed by atoms with Gasteiger partial charge in [-0.2, -0.15) is 0 Å². The Morgan fingerprint density at radius 3 is 2.16 bits per heavy atom. The first-order chi connectivity index (χ1) is 24.1. The van der Waals surface area contributed by atoms with Gasteiger partial charge in [-0.3, -0.25) is 39.1 Å². The van der Waals surface area contributed by atoms with Crippen LogP contribution >= 0.6 is 0 Å². The Morgan fingerprint density at radius 2 is 1.57 bits per heavy atom. The van der Waals surface area contributed by atoms with Crippen molar-refractivity contribution in [2.45, 2.75) is 31.7 Å². The maximum Gasteiger partial charge on any atom is 0.269 e. The molecule has 1 atom stereocenters. The van der Waals surface area contributed by atoms with E-state index in [1.165, 1.54) is 12.1 Å². The predicted octanol–water partition coefficient (Wildman–Crippen LogP) is 0.433. The molecule has 0 spiro atoms. The van der Waals surface area contributed by atoms with Gasteiger partial charge in [-0.1, -0.05) is 0 Å². The van der Waals surface area contributed by atoms with E-state index >= 15 is 13.2 Å². The van der Waals surface area contributed by atoms with Crippen molar-refractivity contribution in [3.8, 4) is 0 Å². The second-order valence-electron chi connectivity index (χ2n) is 10.5. The molecule has 1 aromatic carbocycles. The predicted molar refractivity (Wildman–Crippen MR) is 147 cm³/mol. The number of nitrogens with two attached hydrogens (primary N) is 1. The lowest BCUT2D eigenvalue weighted by molar-refractivity contribution is -0.136. The number of halogens is 3. The highest BCUT2D eigenvalue weighted by Gasteiger charge is 2.49. The smallest absolute Gasteiger partial charge is 0.269 e. The number of hydrogen-bond donors (Lipinski definition) is 2. The van der Waals surface area contributed by atoms with Crippen molar-refractivity contribution in [3.05, 3.63) is 46.4 Å². The molecular formula is C28H29F3N8O5. The Morgan fingerprint density at radius 1 is 0.909 bits per heavy atom. The number of carbonyl (C=O) groups is 5. The maximum absolute atomic E-state index is 16.4. The normalized spacial score (nSPS) is 28.9. The average molecular weight is 623 g/mol. The number of primary amides is 1. The first kappa shape index (κ1) is 21.2. The number of imide groups is 2. The third-order valence-corrected chi connectivity index (χ3v) is 7.78. The summed E-state index contributed by atoms with van der Waals surface area (Å²) in [5.41, 5.74) is 0.106. The highest BCUT2D eigenvalue weighted by molar-refractivity contribution is 6.24. The Labute approximate surface area is 260 Å². The lowest BCUT2D eigenvalue weighted by Crippen LogP contribution is -2.54. The van der Waals surface area contributed by atoms with Gasteiger partial charge in [-0.05, 0) is 37.3 Å². The number of nitrogens with zero attached hydrogens (tertiary/aromatic N) is 6. The molecule has 4 aliphatic heterocycles. The minimum absolute atomic E-state index is 0.0672. The van der Waals surface area contributed by atoms with Crippen LogP contribution in [0.15, 0.2) is 12.1 Å². The van der Waals surface area contributed by atoms with Crippen molar-refractivity contribution in [1.29, 1.82) is 0 Å². The van der Waals surface area contributed by atoms with E-state index in [0.717, 1.165) is 0 Å². The Bertz CT molecular complexity index is 1890. The van der Waals surface area contributed by atoms with Gasteiger partial charge < -0.3 is 15.5 Å². The molecule has 4 aliphatic rings. The first-order valence-electron chi connectivity index (χ1n) is 17.5. The fraction of sp³-hybridized carbons (Fsp3) is 0.464. The number of rotatable bonds is 6. The molecule has 44 heavy (non-hydrogen) atoms. The zero-order valence-corrected chi connectivity index (χ0v) is 22.7. The molecule has 1 aromatic heterocycles. The summed E-state index contributed by atoms with van der Waals surface area (Å²) in [6.07, 6.45) is -0.351. The van der Waals surface area contributed by atoms with E-state index in [-0.39, 0.29) is 47.8 Å². The number of anilines is 2. The van der Waals surface area contributed by atoms with Gasteiger partial charge in [0.15, 0.2) is 29.0 Å². The minimum Gasteiger partial charge on any atom is -0.364 e. The quantitative estimate of drug-likeness (QED) is 0.341. The third-order valence-electron chi connectivity index (χ3n) is 7.78. The van der Waals surface area contributed by atoms with Gasteiger partial charge >= 0.3 is 0 Å². The minimum atomic E-state index is -3.89. The van der Waals surface area contributed by atoms with Gasteiger partial charge in [0.25, 0.3) is 17.7 Å². The Balaban J connectivity index is 1.32. The standard InChI is InChI=1S/C28H29F3N8O5/c29-21-19-20(28(44)39(27(19)43)16-2-4-18(40)33-26(16)42)22(30)24(23(21)31)38-11-9-36(10-12-38)13-14-5-7-37(8-6-14)17-3-1-15(25(32)41)34-35-17/h1,3,14,16H,2,4-13H2,(H2,32,41)(H,33,40,42)/i9D2,10D2,11D2,12D2. The van der Waals surface area contributed by atoms with Gasteiger partial charge in [0.2, 0.25) is 11.8 Å². The molecule has 3 fully saturated rings. The van der Waals surface area contributed by atoms with Crippen molar-refractivity contribution in [3.63, 3.8) is 0 Å². The third kappa shape index (κ3) is 5.12. The van der Waals surface area contributed by atoms with Crippen LogP contribution in [0.4, 0.5) is 24.7 Å². The van der Waals surface area contributed by atoms with Gasteiger partial charge in [-0.25, -0.2) is 13.2 Å². The summed E-state index contributed by atoms with van der Waals surface area (Å²) < 4.78 is 118. The van der Waals surface area contributed by atoms with E-state index in [4.69, 9.17) is 16.7 Å². The van der Waals surface area contributed by atoms with E-state index in [0.29, 0.717) is 5.82 Å². The van der Waals surface area contributed by atoms with Crippen molar-refractivity contribution in [1.82, 2.24) is 25.3 Å². The number of nitrogens with one attached hydrogen (secondary N) is 1. The molecule has 3 N–H and O–H groups in total. The van der Waals surface area contributed by atoms with Crippen LogP contribution in [0.3, 0.4) is 0 Å². The van der Waals surface area contributed by atoms with Gasteiger partial charge in [0, 0.05) is 57.5 Å². The molecule has 1 unspecified atom stereocenters. The van der Waals surface area contributed by atoms with Crippen LogP contribution in [0.2, 0.25) is 0 Å². The number of carbonyl (C=O) groups excluding carboxylic acids is 5. The van der Waals surface area contributed by atoms with Crippen LogP contribution in [-0.2, 0) is 9.59 Å². The average Bonchev–Trinajstić information content (AvgIpc) is 3.33. The summed E-state index contributed by atoms with van der Waals surface area (Å²) >= 11 is 0. The highest BCUT2D eigenvalue weighted by Crippen LogP contribution is 2.38. The van der Waals surface area contributed by atoms with Gasteiger partial charge in [0.05, 0.1) is 16.6 Å². The number of piperidine rings is 2. The summed E-state index contributed by atoms with van der Waals surface area (Å²) in [6.45, 7) is -15.0.